The lowest BCUT2D eigenvalue weighted by atomic mass is 9.99. The number of benzene rings is 4. The van der Waals surface area contributed by atoms with Crippen LogP contribution >= 0.6 is 0 Å². The van der Waals surface area contributed by atoms with Gasteiger partial charge in [-0.05, 0) is 42.0 Å². The molecule has 0 spiro atoms. The number of aromatic nitrogens is 2. The fourth-order valence-electron chi connectivity index (χ4n) is 4.60. The number of hydrogen-bond donors (Lipinski definition) is 0. The minimum absolute atomic E-state index is 0.607. The van der Waals surface area contributed by atoms with Gasteiger partial charge in [-0.15, -0.1) is 0 Å². The van der Waals surface area contributed by atoms with Crippen molar-refractivity contribution in [3.63, 3.8) is 0 Å². The van der Waals surface area contributed by atoms with Gasteiger partial charge < -0.3 is 4.57 Å². The van der Waals surface area contributed by atoms with Gasteiger partial charge in [0.2, 0.25) is 0 Å². The first-order valence-electron chi connectivity index (χ1n) is 10.9. The number of fused-ring (bicyclic) bond motifs is 3. The van der Waals surface area contributed by atoms with Crippen molar-refractivity contribution in [3.05, 3.63) is 121 Å². The predicted octanol–water partition coefficient (Wildman–Crippen LogP) is 7.38. The number of nitriles is 1. The average molecular weight is 422 g/mol. The zero-order valence-electron chi connectivity index (χ0n) is 17.8. The summed E-state index contributed by atoms with van der Waals surface area (Å²) in [5.41, 5.74) is 8.14. The van der Waals surface area contributed by atoms with Crippen molar-refractivity contribution in [2.75, 3.05) is 0 Å². The molecule has 6 rings (SSSR count). The van der Waals surface area contributed by atoms with Crippen LogP contribution in [0.2, 0.25) is 0 Å². The van der Waals surface area contributed by atoms with Gasteiger partial charge in [-0.25, -0.2) is 0 Å². The second-order valence-corrected chi connectivity index (χ2v) is 8.01. The average Bonchev–Trinajstić information content (AvgIpc) is 3.23. The highest BCUT2D eigenvalue weighted by Gasteiger charge is 2.15. The van der Waals surface area contributed by atoms with Gasteiger partial charge in [-0.1, -0.05) is 72.8 Å². The van der Waals surface area contributed by atoms with Crippen LogP contribution in [0.25, 0.3) is 49.9 Å². The van der Waals surface area contributed by atoms with E-state index in [-0.39, 0.29) is 0 Å². The van der Waals surface area contributed by atoms with E-state index in [0.29, 0.717) is 5.56 Å². The fourth-order valence-corrected chi connectivity index (χ4v) is 4.60. The van der Waals surface area contributed by atoms with Crippen LogP contribution in [0.3, 0.4) is 0 Å². The Bertz CT molecular complexity index is 1630. The van der Waals surface area contributed by atoms with Crippen molar-refractivity contribution >= 4 is 21.8 Å². The fraction of sp³-hybridized carbons (Fsp3) is 0. The van der Waals surface area contributed by atoms with Crippen molar-refractivity contribution in [2.24, 2.45) is 0 Å². The molecule has 0 radical (unpaired) electrons. The van der Waals surface area contributed by atoms with Crippen LogP contribution in [0.4, 0.5) is 0 Å². The minimum atomic E-state index is 0.607. The van der Waals surface area contributed by atoms with Gasteiger partial charge >= 0.3 is 0 Å². The molecule has 0 saturated heterocycles. The molecule has 3 heteroatoms. The Morgan fingerprint density at radius 1 is 0.636 bits per heavy atom. The van der Waals surface area contributed by atoms with Gasteiger partial charge in [-0.2, -0.15) is 5.26 Å². The molecule has 2 heterocycles. The van der Waals surface area contributed by atoms with Crippen molar-refractivity contribution in [1.82, 2.24) is 9.55 Å². The van der Waals surface area contributed by atoms with E-state index in [4.69, 9.17) is 0 Å². The van der Waals surface area contributed by atoms with Crippen LogP contribution in [0.1, 0.15) is 5.56 Å². The molecule has 33 heavy (non-hydrogen) atoms. The maximum absolute atomic E-state index is 9.28. The first-order valence-corrected chi connectivity index (χ1v) is 10.9. The molecule has 0 bridgehead atoms. The van der Waals surface area contributed by atoms with Crippen molar-refractivity contribution < 1.29 is 0 Å². The largest absolute Gasteiger partial charge is 0.309 e. The van der Waals surface area contributed by atoms with Gasteiger partial charge in [0.25, 0.3) is 0 Å². The molecule has 4 aromatic carbocycles. The third-order valence-electron chi connectivity index (χ3n) is 6.08. The third kappa shape index (κ3) is 3.17. The van der Waals surface area contributed by atoms with Crippen LogP contribution < -0.4 is 0 Å². The molecule has 0 aliphatic rings. The summed E-state index contributed by atoms with van der Waals surface area (Å²) in [6, 6.07) is 39.7. The number of pyridine rings is 1. The SMILES string of the molecule is N#Cc1ccnc(-c2cccc(-c3ccccc3-n3c4ccccc4c4ccccc43)c2)c1. The Labute approximate surface area is 191 Å². The normalized spacial score (nSPS) is 11.0. The molecule has 154 valence electrons. The lowest BCUT2D eigenvalue weighted by molar-refractivity contribution is 1.18. The van der Waals surface area contributed by atoms with Crippen molar-refractivity contribution in [1.29, 1.82) is 5.26 Å². The zero-order chi connectivity index (χ0) is 22.2. The van der Waals surface area contributed by atoms with Crippen LogP contribution in [0.5, 0.6) is 0 Å². The Morgan fingerprint density at radius 3 is 2.06 bits per heavy atom. The molecule has 0 N–H and O–H groups in total. The van der Waals surface area contributed by atoms with Gasteiger partial charge in [0.05, 0.1) is 34.0 Å². The molecule has 0 amide bonds. The molecule has 2 aromatic heterocycles. The summed E-state index contributed by atoms with van der Waals surface area (Å²) in [5, 5.41) is 11.8. The van der Waals surface area contributed by atoms with Crippen LogP contribution in [0.15, 0.2) is 115 Å². The molecule has 0 aliphatic heterocycles. The van der Waals surface area contributed by atoms with E-state index in [1.807, 2.05) is 18.2 Å². The van der Waals surface area contributed by atoms with Crippen LogP contribution in [-0.4, -0.2) is 9.55 Å². The standard InChI is InChI=1S/C30H19N3/c31-20-21-16-17-32-27(18-21)23-9-7-8-22(19-23)24-10-1-4-13-28(24)33-29-14-5-2-11-25(29)26-12-3-6-15-30(26)33/h1-19H. The van der Waals surface area contributed by atoms with Crippen LogP contribution in [0, 0.1) is 11.3 Å². The van der Waals surface area contributed by atoms with E-state index in [0.717, 1.165) is 28.1 Å². The summed E-state index contributed by atoms with van der Waals surface area (Å²) >= 11 is 0. The highest BCUT2D eigenvalue weighted by molar-refractivity contribution is 6.09. The Morgan fingerprint density at radius 2 is 1.30 bits per heavy atom. The maximum atomic E-state index is 9.28. The third-order valence-corrected chi connectivity index (χ3v) is 6.08. The van der Waals surface area contributed by atoms with Crippen LogP contribution in [-0.2, 0) is 0 Å². The van der Waals surface area contributed by atoms with Crippen molar-refractivity contribution in [3.8, 4) is 34.1 Å². The van der Waals surface area contributed by atoms with E-state index in [2.05, 4.69) is 101 Å². The van der Waals surface area contributed by atoms with Gasteiger partial charge in [0, 0.05) is 28.1 Å². The Hall–Kier alpha value is -4.68. The highest BCUT2D eigenvalue weighted by atomic mass is 15.0. The quantitative estimate of drug-likeness (QED) is 0.299. The molecule has 0 saturated carbocycles. The molecule has 0 aliphatic carbocycles. The molecular weight excluding hydrogens is 402 g/mol. The van der Waals surface area contributed by atoms with Gasteiger partial charge in [-0.3, -0.25) is 4.98 Å². The summed E-state index contributed by atoms with van der Waals surface area (Å²) in [5.74, 6) is 0. The highest BCUT2D eigenvalue weighted by Crippen LogP contribution is 2.36. The second-order valence-electron chi connectivity index (χ2n) is 8.01. The molecule has 0 fully saturated rings. The monoisotopic (exact) mass is 421 g/mol. The second kappa shape index (κ2) is 7.78. The van der Waals surface area contributed by atoms with E-state index in [1.165, 1.54) is 21.8 Å². The van der Waals surface area contributed by atoms with E-state index < -0.39 is 0 Å². The molecule has 3 nitrogen and oxygen atoms in total. The summed E-state index contributed by atoms with van der Waals surface area (Å²) < 4.78 is 2.35. The summed E-state index contributed by atoms with van der Waals surface area (Å²) in [6.07, 6.45) is 1.69. The van der Waals surface area contributed by atoms with E-state index in [1.54, 1.807) is 12.3 Å². The first kappa shape index (κ1) is 19.0. The van der Waals surface area contributed by atoms with E-state index >= 15 is 0 Å². The van der Waals surface area contributed by atoms with E-state index in [9.17, 15) is 5.26 Å². The molecular formula is C30H19N3. The zero-order valence-corrected chi connectivity index (χ0v) is 17.8. The number of hydrogen-bond acceptors (Lipinski definition) is 2. The maximum Gasteiger partial charge on any atom is 0.0992 e. The predicted molar refractivity (Wildman–Crippen MR) is 134 cm³/mol. The number of rotatable bonds is 3. The smallest absolute Gasteiger partial charge is 0.0992 e. The molecule has 0 atom stereocenters. The Balaban J connectivity index is 1.59. The van der Waals surface area contributed by atoms with Gasteiger partial charge in [0.15, 0.2) is 0 Å². The summed E-state index contributed by atoms with van der Waals surface area (Å²) in [4.78, 5) is 4.49. The lowest BCUT2D eigenvalue weighted by Gasteiger charge is -2.14. The van der Waals surface area contributed by atoms with Gasteiger partial charge in [0.1, 0.15) is 0 Å². The lowest BCUT2D eigenvalue weighted by Crippen LogP contribution is -1.97. The number of nitrogens with zero attached hydrogens (tertiary/aromatic N) is 3. The Kier molecular flexibility index (Phi) is 4.49. The summed E-state index contributed by atoms with van der Waals surface area (Å²) in [6.45, 7) is 0. The molecule has 0 unspecified atom stereocenters. The van der Waals surface area contributed by atoms with Crippen molar-refractivity contribution in [2.45, 2.75) is 0 Å². The molecule has 6 aromatic rings. The first-order chi connectivity index (χ1) is 16.3. The minimum Gasteiger partial charge on any atom is -0.309 e. The summed E-state index contributed by atoms with van der Waals surface area (Å²) in [7, 11) is 0. The topological polar surface area (TPSA) is 41.6 Å². The number of para-hydroxylation sites is 3.